The molecule has 0 aliphatic heterocycles. The molecule has 5 aromatic rings. The van der Waals surface area contributed by atoms with E-state index in [-0.39, 0.29) is 11.9 Å². The van der Waals surface area contributed by atoms with Gasteiger partial charge < -0.3 is 14.6 Å². The average Bonchev–Trinajstić information content (AvgIpc) is 3.72. The first-order valence-electron chi connectivity index (χ1n) is 13.1. The maximum atomic E-state index is 13.4. The van der Waals surface area contributed by atoms with Gasteiger partial charge in [0.15, 0.2) is 0 Å². The van der Waals surface area contributed by atoms with Gasteiger partial charge in [-0.25, -0.2) is 4.98 Å². The zero-order chi connectivity index (χ0) is 27.4. The molecule has 3 aromatic heterocycles. The van der Waals surface area contributed by atoms with Gasteiger partial charge in [-0.2, -0.15) is 10.2 Å². The summed E-state index contributed by atoms with van der Waals surface area (Å²) in [5.41, 5.74) is 6.36. The van der Waals surface area contributed by atoms with Gasteiger partial charge in [0.05, 0.1) is 30.8 Å². The summed E-state index contributed by atoms with van der Waals surface area (Å²) in [5, 5.41) is 12.2. The molecule has 0 unspecified atom stereocenters. The number of nitrogens with one attached hydrogen (secondary N) is 1. The normalized spacial score (nSPS) is 11.9. The minimum atomic E-state index is -0.244. The van der Waals surface area contributed by atoms with Crippen LogP contribution in [0.5, 0.6) is 5.75 Å². The van der Waals surface area contributed by atoms with Crippen molar-refractivity contribution >= 4 is 5.91 Å². The van der Waals surface area contributed by atoms with Crippen LogP contribution < -0.4 is 10.1 Å². The lowest BCUT2D eigenvalue weighted by Gasteiger charge is -2.18. The van der Waals surface area contributed by atoms with E-state index in [2.05, 4.69) is 40.5 Å². The van der Waals surface area contributed by atoms with Gasteiger partial charge in [0.2, 0.25) is 0 Å². The van der Waals surface area contributed by atoms with Crippen molar-refractivity contribution in [1.82, 2.24) is 34.4 Å². The Morgan fingerprint density at radius 2 is 1.92 bits per heavy atom. The van der Waals surface area contributed by atoms with Crippen molar-refractivity contribution in [2.75, 3.05) is 6.61 Å². The minimum absolute atomic E-state index is 0.149. The van der Waals surface area contributed by atoms with Crippen LogP contribution in [0.15, 0.2) is 79.8 Å². The van der Waals surface area contributed by atoms with Crippen LogP contribution >= 0.6 is 0 Å². The monoisotopic (exact) mass is 523 g/mol. The molecule has 5 rings (SSSR count). The van der Waals surface area contributed by atoms with Crippen molar-refractivity contribution in [3.8, 4) is 28.1 Å². The molecule has 3 heterocycles. The zero-order valence-electron chi connectivity index (χ0n) is 22.7. The van der Waals surface area contributed by atoms with Crippen LogP contribution in [0.2, 0.25) is 0 Å². The summed E-state index contributed by atoms with van der Waals surface area (Å²) in [6.45, 7) is 7.95. The topological polar surface area (TPSA) is 91.8 Å². The SMILES string of the molecule is CCn1ccc(-c2cc(-c3cnn(C)c3)cc([C@@H](C)NC(=O)c3cc(OCCn4ccnc4)ccc3C)c2)n1. The lowest BCUT2D eigenvalue weighted by atomic mass is 9.96. The van der Waals surface area contributed by atoms with Gasteiger partial charge in [0, 0.05) is 55.1 Å². The molecular formula is C30H33N7O2. The number of carbonyl (C=O) groups is 1. The lowest BCUT2D eigenvalue weighted by Crippen LogP contribution is -2.27. The number of hydrogen-bond donors (Lipinski definition) is 1. The Bertz CT molecular complexity index is 1570. The number of ether oxygens (including phenoxy) is 1. The first-order chi connectivity index (χ1) is 18.9. The summed E-state index contributed by atoms with van der Waals surface area (Å²) in [4.78, 5) is 17.5. The van der Waals surface area contributed by atoms with Gasteiger partial charge in [-0.05, 0) is 73.9 Å². The molecule has 39 heavy (non-hydrogen) atoms. The highest BCUT2D eigenvalue weighted by atomic mass is 16.5. The molecule has 0 saturated carbocycles. The molecule has 9 nitrogen and oxygen atoms in total. The minimum Gasteiger partial charge on any atom is -0.492 e. The van der Waals surface area contributed by atoms with Gasteiger partial charge in [-0.3, -0.25) is 14.2 Å². The van der Waals surface area contributed by atoms with E-state index in [1.807, 2.05) is 73.1 Å². The third-order valence-corrected chi connectivity index (χ3v) is 6.73. The number of imidazole rings is 1. The molecule has 1 amide bonds. The predicted octanol–water partition coefficient (Wildman–Crippen LogP) is 5.05. The van der Waals surface area contributed by atoms with Gasteiger partial charge in [0.1, 0.15) is 12.4 Å². The second-order valence-corrected chi connectivity index (χ2v) is 9.62. The van der Waals surface area contributed by atoms with Crippen molar-refractivity contribution in [3.05, 3.63) is 96.5 Å². The summed E-state index contributed by atoms with van der Waals surface area (Å²) in [7, 11) is 1.90. The van der Waals surface area contributed by atoms with Gasteiger partial charge in [-0.15, -0.1) is 0 Å². The molecule has 0 radical (unpaired) electrons. The van der Waals surface area contributed by atoms with E-state index in [0.29, 0.717) is 24.5 Å². The fraction of sp³-hybridized carbons (Fsp3) is 0.267. The third kappa shape index (κ3) is 6.09. The van der Waals surface area contributed by atoms with Gasteiger partial charge in [0.25, 0.3) is 5.91 Å². The van der Waals surface area contributed by atoms with E-state index in [0.717, 1.165) is 40.1 Å². The molecule has 0 fully saturated rings. The van der Waals surface area contributed by atoms with E-state index >= 15 is 0 Å². The molecule has 1 atom stereocenters. The number of amides is 1. The van der Waals surface area contributed by atoms with Gasteiger partial charge in [-0.1, -0.05) is 6.07 Å². The number of hydrogen-bond acceptors (Lipinski definition) is 5. The van der Waals surface area contributed by atoms with Crippen molar-refractivity contribution in [2.45, 2.75) is 39.9 Å². The van der Waals surface area contributed by atoms with E-state index < -0.39 is 0 Å². The summed E-state index contributed by atoms with van der Waals surface area (Å²) < 4.78 is 11.6. The molecule has 0 spiro atoms. The Morgan fingerprint density at radius 3 is 2.64 bits per heavy atom. The molecule has 0 aliphatic rings. The Morgan fingerprint density at radius 1 is 1.08 bits per heavy atom. The standard InChI is InChI=1S/C30H33N7O2/c1-5-37-10-8-29(34-37)25-15-23(14-24(16-25)26-18-32-35(4)19-26)22(3)33-30(38)28-17-27(7-6-21(28)2)39-13-12-36-11-9-31-20-36/h6-11,14-20,22H,5,12-13H2,1-4H3,(H,33,38)/t22-/m1/s1. The fourth-order valence-corrected chi connectivity index (χ4v) is 4.46. The van der Waals surface area contributed by atoms with Crippen LogP contribution in [-0.4, -0.2) is 41.6 Å². The number of benzene rings is 2. The molecule has 2 aromatic carbocycles. The summed E-state index contributed by atoms with van der Waals surface area (Å²) in [6, 6.07) is 13.7. The number of aromatic nitrogens is 6. The van der Waals surface area contributed by atoms with Crippen LogP contribution in [0.4, 0.5) is 0 Å². The maximum Gasteiger partial charge on any atom is 0.252 e. The van der Waals surface area contributed by atoms with Crippen molar-refractivity contribution < 1.29 is 9.53 Å². The van der Waals surface area contributed by atoms with Crippen LogP contribution in [0.25, 0.3) is 22.4 Å². The summed E-state index contributed by atoms with van der Waals surface area (Å²) >= 11 is 0. The average molecular weight is 524 g/mol. The second-order valence-electron chi connectivity index (χ2n) is 9.62. The predicted molar refractivity (Wildman–Crippen MR) is 150 cm³/mol. The van der Waals surface area contributed by atoms with Crippen LogP contribution in [0.3, 0.4) is 0 Å². The quantitative estimate of drug-likeness (QED) is 0.277. The van der Waals surface area contributed by atoms with Crippen LogP contribution in [0, 0.1) is 6.92 Å². The fourth-order valence-electron chi connectivity index (χ4n) is 4.46. The highest BCUT2D eigenvalue weighted by Crippen LogP contribution is 2.30. The first kappa shape index (κ1) is 26.0. The summed E-state index contributed by atoms with van der Waals surface area (Å²) in [5.74, 6) is 0.509. The number of aryl methyl sites for hydroxylation is 3. The molecular weight excluding hydrogens is 490 g/mol. The van der Waals surface area contributed by atoms with Crippen molar-refractivity contribution in [1.29, 1.82) is 0 Å². The largest absolute Gasteiger partial charge is 0.492 e. The summed E-state index contributed by atoms with van der Waals surface area (Å²) in [6.07, 6.45) is 11.2. The van der Waals surface area contributed by atoms with Crippen LogP contribution in [0.1, 0.15) is 41.4 Å². The Kier molecular flexibility index (Phi) is 7.58. The smallest absolute Gasteiger partial charge is 0.252 e. The molecule has 0 bridgehead atoms. The molecule has 0 aliphatic carbocycles. The zero-order valence-corrected chi connectivity index (χ0v) is 22.7. The molecule has 1 N–H and O–H groups in total. The van der Waals surface area contributed by atoms with E-state index in [1.165, 1.54) is 0 Å². The third-order valence-electron chi connectivity index (χ3n) is 6.73. The van der Waals surface area contributed by atoms with E-state index in [1.54, 1.807) is 23.3 Å². The Balaban J connectivity index is 1.37. The Labute approximate surface area is 228 Å². The highest BCUT2D eigenvalue weighted by Gasteiger charge is 2.17. The second kappa shape index (κ2) is 11.4. The van der Waals surface area contributed by atoms with Crippen molar-refractivity contribution in [3.63, 3.8) is 0 Å². The lowest BCUT2D eigenvalue weighted by molar-refractivity contribution is 0.0938. The van der Waals surface area contributed by atoms with E-state index in [4.69, 9.17) is 9.84 Å². The highest BCUT2D eigenvalue weighted by molar-refractivity contribution is 5.96. The number of nitrogens with zero attached hydrogens (tertiary/aromatic N) is 6. The Hall–Kier alpha value is -4.66. The number of carbonyl (C=O) groups excluding carboxylic acids is 1. The maximum absolute atomic E-state index is 13.4. The van der Waals surface area contributed by atoms with Gasteiger partial charge >= 0.3 is 0 Å². The van der Waals surface area contributed by atoms with Crippen LogP contribution in [-0.2, 0) is 20.1 Å². The van der Waals surface area contributed by atoms with E-state index in [9.17, 15) is 4.79 Å². The first-order valence-corrected chi connectivity index (χ1v) is 13.1. The molecule has 9 heteroatoms. The van der Waals surface area contributed by atoms with Crippen molar-refractivity contribution in [2.24, 2.45) is 7.05 Å². The molecule has 0 saturated heterocycles. The number of rotatable bonds is 10. The molecule has 200 valence electrons.